The molecule has 1 aliphatic rings. The van der Waals surface area contributed by atoms with E-state index in [1.54, 1.807) is 4.68 Å². The van der Waals surface area contributed by atoms with Gasteiger partial charge in [-0.05, 0) is 48.8 Å². The van der Waals surface area contributed by atoms with E-state index in [9.17, 15) is 0 Å². The number of pyridine rings is 1. The van der Waals surface area contributed by atoms with Crippen LogP contribution in [-0.2, 0) is 13.5 Å². The predicted molar refractivity (Wildman–Crippen MR) is 96.1 cm³/mol. The van der Waals surface area contributed by atoms with Crippen molar-refractivity contribution in [1.82, 2.24) is 20.2 Å². The van der Waals surface area contributed by atoms with Gasteiger partial charge in [0.2, 0.25) is 0 Å². The zero-order valence-corrected chi connectivity index (χ0v) is 13.6. The molecule has 0 atom stereocenters. The van der Waals surface area contributed by atoms with Gasteiger partial charge in [0.15, 0.2) is 0 Å². The zero-order valence-electron chi connectivity index (χ0n) is 13.6. The predicted octanol–water partition coefficient (Wildman–Crippen LogP) is 3.32. The Balaban J connectivity index is 1.43. The molecule has 2 aromatic heterocycles. The van der Waals surface area contributed by atoms with Crippen molar-refractivity contribution in [3.63, 3.8) is 0 Å². The highest BCUT2D eigenvalue weighted by Crippen LogP contribution is 2.19. The quantitative estimate of drug-likeness (QED) is 0.802. The topological polar surface area (TPSA) is 46.0 Å². The summed E-state index contributed by atoms with van der Waals surface area (Å²) in [5.41, 5.74) is 8.01. The molecule has 0 spiro atoms. The molecular weight excluding hydrogens is 298 g/mol. The lowest BCUT2D eigenvalue weighted by atomic mass is 10.1. The fraction of sp³-hybridized carbons (Fsp3) is 0.158. The van der Waals surface area contributed by atoms with Crippen LogP contribution in [-0.4, -0.2) is 14.8 Å². The van der Waals surface area contributed by atoms with Crippen molar-refractivity contribution in [2.24, 2.45) is 7.05 Å². The first-order valence-electron chi connectivity index (χ1n) is 8.03. The summed E-state index contributed by atoms with van der Waals surface area (Å²) >= 11 is 0. The van der Waals surface area contributed by atoms with E-state index < -0.39 is 0 Å². The van der Waals surface area contributed by atoms with Crippen LogP contribution in [0.5, 0.6) is 0 Å². The molecule has 0 aliphatic carbocycles. The van der Waals surface area contributed by atoms with Gasteiger partial charge in [-0.1, -0.05) is 12.1 Å². The summed E-state index contributed by atoms with van der Waals surface area (Å²) in [6.45, 7) is 0. The second kappa shape index (κ2) is 6.20. The fourth-order valence-electron chi connectivity index (χ4n) is 2.86. The van der Waals surface area contributed by atoms with Crippen molar-refractivity contribution in [2.45, 2.75) is 12.8 Å². The molecule has 0 unspecified atom stereocenters. The van der Waals surface area contributed by atoms with Crippen molar-refractivity contribution in [1.29, 1.82) is 0 Å². The minimum atomic E-state index is 0.951. The number of benzene rings is 1. The van der Waals surface area contributed by atoms with Crippen LogP contribution in [0.1, 0.15) is 12.0 Å². The molecule has 24 heavy (non-hydrogen) atoms. The SMILES string of the molecule is Cn1cc(N2C=CC=C(CCc3ccc4ncccc4c3)N2)cn1. The molecule has 5 heteroatoms. The van der Waals surface area contributed by atoms with Gasteiger partial charge in [0.1, 0.15) is 5.69 Å². The molecule has 0 amide bonds. The Kier molecular flexibility index (Phi) is 3.75. The molecule has 1 N–H and O–H groups in total. The van der Waals surface area contributed by atoms with Gasteiger partial charge in [0.25, 0.3) is 0 Å². The Morgan fingerprint density at radius 1 is 1.17 bits per heavy atom. The second-order valence-corrected chi connectivity index (χ2v) is 5.92. The Morgan fingerprint density at radius 3 is 3.00 bits per heavy atom. The molecule has 1 aromatic carbocycles. The number of anilines is 1. The Morgan fingerprint density at radius 2 is 2.12 bits per heavy atom. The van der Waals surface area contributed by atoms with E-state index in [2.05, 4.69) is 51.9 Å². The summed E-state index contributed by atoms with van der Waals surface area (Å²) < 4.78 is 1.80. The molecule has 0 fully saturated rings. The third-order valence-corrected chi connectivity index (χ3v) is 4.12. The Hall–Kier alpha value is -3.08. The number of nitrogens with one attached hydrogen (secondary N) is 1. The monoisotopic (exact) mass is 317 g/mol. The molecule has 0 saturated heterocycles. The van der Waals surface area contributed by atoms with Gasteiger partial charge >= 0.3 is 0 Å². The zero-order chi connectivity index (χ0) is 16.4. The van der Waals surface area contributed by atoms with Gasteiger partial charge in [-0.3, -0.25) is 20.1 Å². The number of aromatic nitrogens is 3. The van der Waals surface area contributed by atoms with Crippen molar-refractivity contribution in [3.8, 4) is 0 Å². The van der Waals surface area contributed by atoms with Crippen LogP contribution >= 0.6 is 0 Å². The average molecular weight is 317 g/mol. The molecule has 4 rings (SSSR count). The van der Waals surface area contributed by atoms with Crippen LogP contribution in [0, 0.1) is 0 Å². The summed E-state index contributed by atoms with van der Waals surface area (Å²) in [6.07, 6.45) is 13.8. The number of aryl methyl sites for hydroxylation is 2. The van der Waals surface area contributed by atoms with Crippen molar-refractivity contribution in [2.75, 3.05) is 5.01 Å². The first-order valence-corrected chi connectivity index (χ1v) is 8.03. The summed E-state index contributed by atoms with van der Waals surface area (Å²) in [4.78, 5) is 4.37. The van der Waals surface area contributed by atoms with Crippen LogP contribution in [0.2, 0.25) is 0 Å². The van der Waals surface area contributed by atoms with Crippen molar-refractivity contribution < 1.29 is 0 Å². The van der Waals surface area contributed by atoms with E-state index in [4.69, 9.17) is 0 Å². The first kappa shape index (κ1) is 14.5. The molecular formula is C19H19N5. The molecule has 5 nitrogen and oxygen atoms in total. The summed E-state index contributed by atoms with van der Waals surface area (Å²) in [7, 11) is 1.92. The van der Waals surface area contributed by atoms with E-state index in [0.29, 0.717) is 0 Å². The van der Waals surface area contributed by atoms with Crippen LogP contribution in [0.25, 0.3) is 10.9 Å². The lowest BCUT2D eigenvalue weighted by Gasteiger charge is -2.25. The smallest absolute Gasteiger partial charge is 0.100 e. The number of rotatable bonds is 4. The van der Waals surface area contributed by atoms with E-state index >= 15 is 0 Å². The third-order valence-electron chi connectivity index (χ3n) is 4.12. The van der Waals surface area contributed by atoms with Crippen molar-refractivity contribution >= 4 is 16.6 Å². The highest BCUT2D eigenvalue weighted by Gasteiger charge is 2.10. The van der Waals surface area contributed by atoms with E-state index in [1.165, 1.54) is 16.6 Å². The average Bonchev–Trinajstić information content (AvgIpc) is 3.06. The minimum absolute atomic E-state index is 0.951. The summed E-state index contributed by atoms with van der Waals surface area (Å²) in [5.74, 6) is 0. The Labute approximate surface area is 140 Å². The van der Waals surface area contributed by atoms with E-state index in [0.717, 1.165) is 24.0 Å². The van der Waals surface area contributed by atoms with Gasteiger partial charge in [-0.2, -0.15) is 5.10 Å². The van der Waals surface area contributed by atoms with Gasteiger partial charge in [0, 0.05) is 30.5 Å². The number of allylic oxidation sites excluding steroid dienone is 3. The lowest BCUT2D eigenvalue weighted by Crippen LogP contribution is -2.34. The van der Waals surface area contributed by atoms with Crippen LogP contribution < -0.4 is 10.4 Å². The molecule has 1 aliphatic heterocycles. The van der Waals surface area contributed by atoms with Gasteiger partial charge < -0.3 is 0 Å². The van der Waals surface area contributed by atoms with E-state index in [-0.39, 0.29) is 0 Å². The standard InChI is InChI=1S/C19H19N5/c1-23-14-18(13-21-23)24-11-3-5-17(22-24)8-6-15-7-9-19-16(12-15)4-2-10-20-19/h2-5,7,9-14,22H,6,8H2,1H3. The molecule has 0 saturated carbocycles. The van der Waals surface area contributed by atoms with Crippen molar-refractivity contribution in [3.05, 3.63) is 78.5 Å². The lowest BCUT2D eigenvalue weighted by molar-refractivity contribution is 0.740. The van der Waals surface area contributed by atoms with Gasteiger partial charge in [0.05, 0.1) is 17.9 Å². The highest BCUT2D eigenvalue weighted by molar-refractivity contribution is 5.78. The van der Waals surface area contributed by atoms with E-state index in [1.807, 2.05) is 42.9 Å². The minimum Gasteiger partial charge on any atom is -0.298 e. The Bertz CT molecular complexity index is 922. The number of hydrogen-bond donors (Lipinski definition) is 1. The second-order valence-electron chi connectivity index (χ2n) is 5.92. The maximum atomic E-state index is 4.37. The molecule has 120 valence electrons. The van der Waals surface area contributed by atoms with Crippen LogP contribution in [0.3, 0.4) is 0 Å². The van der Waals surface area contributed by atoms with Gasteiger partial charge in [-0.25, -0.2) is 0 Å². The molecule has 0 bridgehead atoms. The van der Waals surface area contributed by atoms with Crippen LogP contribution in [0.4, 0.5) is 5.69 Å². The maximum absolute atomic E-state index is 4.37. The maximum Gasteiger partial charge on any atom is 0.100 e. The number of fused-ring (bicyclic) bond motifs is 1. The van der Waals surface area contributed by atoms with Crippen LogP contribution in [0.15, 0.2) is 73.0 Å². The molecule has 0 radical (unpaired) electrons. The summed E-state index contributed by atoms with van der Waals surface area (Å²) in [6, 6.07) is 10.6. The highest BCUT2D eigenvalue weighted by atomic mass is 15.5. The van der Waals surface area contributed by atoms with Gasteiger partial charge in [-0.15, -0.1) is 0 Å². The number of nitrogens with zero attached hydrogens (tertiary/aromatic N) is 4. The molecule has 3 aromatic rings. The third kappa shape index (κ3) is 3.01. The normalized spacial score (nSPS) is 13.9. The number of hydrogen-bond acceptors (Lipinski definition) is 4. The first-order chi connectivity index (χ1) is 11.8. The largest absolute Gasteiger partial charge is 0.298 e. The number of hydrazine groups is 1. The summed E-state index contributed by atoms with van der Waals surface area (Å²) in [5, 5.41) is 7.40. The molecule has 3 heterocycles. The fourth-order valence-corrected chi connectivity index (χ4v) is 2.86.